The van der Waals surface area contributed by atoms with Crippen molar-refractivity contribution in [3.8, 4) is 0 Å². The second-order valence-corrected chi connectivity index (χ2v) is 6.66. The number of aromatic nitrogens is 2. The summed E-state index contributed by atoms with van der Waals surface area (Å²) in [6, 6.07) is 6.69. The van der Waals surface area contributed by atoms with E-state index in [9.17, 15) is 14.4 Å². The van der Waals surface area contributed by atoms with Crippen LogP contribution in [0.5, 0.6) is 0 Å². The molecule has 0 aliphatic heterocycles. The summed E-state index contributed by atoms with van der Waals surface area (Å²) in [5.41, 5.74) is 1.68. The second-order valence-electron chi connectivity index (χ2n) is 5.66. The Morgan fingerprint density at radius 1 is 1.24 bits per heavy atom. The third kappa shape index (κ3) is 3.10. The van der Waals surface area contributed by atoms with Crippen LogP contribution in [0.15, 0.2) is 35.4 Å². The fourth-order valence-electron chi connectivity index (χ4n) is 2.58. The molecular weight excluding hydrogens is 338 g/mol. The van der Waals surface area contributed by atoms with Gasteiger partial charge in [0.25, 0.3) is 11.5 Å². The fraction of sp³-hybridized carbons (Fsp3) is 0.222. The van der Waals surface area contributed by atoms with Crippen molar-refractivity contribution in [1.82, 2.24) is 9.55 Å². The molecule has 2 aromatic heterocycles. The van der Waals surface area contributed by atoms with Gasteiger partial charge in [-0.3, -0.25) is 19.0 Å². The number of fused-ring (bicyclic) bond motifs is 1. The van der Waals surface area contributed by atoms with E-state index in [0.29, 0.717) is 38.5 Å². The van der Waals surface area contributed by atoms with E-state index in [1.54, 1.807) is 31.2 Å². The lowest BCUT2D eigenvalue weighted by Crippen LogP contribution is -2.19. The Kier molecular flexibility index (Phi) is 4.50. The zero-order chi connectivity index (χ0) is 18.1. The van der Waals surface area contributed by atoms with Crippen molar-refractivity contribution in [2.24, 2.45) is 0 Å². The van der Waals surface area contributed by atoms with E-state index in [0.717, 1.165) is 0 Å². The van der Waals surface area contributed by atoms with E-state index in [1.807, 2.05) is 6.92 Å². The molecule has 1 N–H and O–H groups in total. The lowest BCUT2D eigenvalue weighted by molar-refractivity contribution is 0.101. The van der Waals surface area contributed by atoms with E-state index in [4.69, 9.17) is 0 Å². The summed E-state index contributed by atoms with van der Waals surface area (Å²) < 4.78 is 1.52. The summed E-state index contributed by atoms with van der Waals surface area (Å²) in [6.07, 6.45) is 1.50. The van der Waals surface area contributed by atoms with Crippen molar-refractivity contribution in [2.45, 2.75) is 27.3 Å². The number of Topliss-reactive ketones (excluding diaryl/α,β-unsaturated/α-hetero) is 1. The maximum atomic E-state index is 12.6. The van der Waals surface area contributed by atoms with Crippen molar-refractivity contribution < 1.29 is 9.59 Å². The minimum atomic E-state index is -0.293. The predicted molar refractivity (Wildman–Crippen MR) is 98.7 cm³/mol. The Bertz CT molecular complexity index is 1030. The molecule has 0 aliphatic carbocycles. The van der Waals surface area contributed by atoms with Crippen LogP contribution in [0.25, 0.3) is 10.2 Å². The number of nitrogens with one attached hydrogen (secondary N) is 1. The number of hydrogen-bond acceptors (Lipinski definition) is 5. The molecule has 7 heteroatoms. The molecular formula is C18H17N3O3S. The third-order valence-electron chi connectivity index (χ3n) is 4.01. The fourth-order valence-corrected chi connectivity index (χ4v) is 3.61. The van der Waals surface area contributed by atoms with Crippen LogP contribution in [0.3, 0.4) is 0 Å². The molecule has 0 unspecified atom stereocenters. The average Bonchev–Trinajstić information content (AvgIpc) is 2.93. The van der Waals surface area contributed by atoms with Crippen LogP contribution in [0, 0.1) is 6.92 Å². The molecule has 6 nitrogen and oxygen atoms in total. The zero-order valence-electron chi connectivity index (χ0n) is 14.1. The largest absolute Gasteiger partial charge is 0.321 e. The number of ketones is 1. The van der Waals surface area contributed by atoms with Crippen molar-refractivity contribution in [2.75, 3.05) is 5.32 Å². The Morgan fingerprint density at radius 3 is 2.52 bits per heavy atom. The Labute approximate surface area is 148 Å². The number of thiophene rings is 1. The number of anilines is 1. The number of rotatable bonds is 4. The van der Waals surface area contributed by atoms with Gasteiger partial charge in [-0.25, -0.2) is 4.98 Å². The molecule has 3 rings (SSSR count). The maximum Gasteiger partial charge on any atom is 0.266 e. The highest BCUT2D eigenvalue weighted by molar-refractivity contribution is 7.20. The minimum absolute atomic E-state index is 0.0310. The maximum absolute atomic E-state index is 12.6. The number of carbonyl (C=O) groups excluding carboxylic acids is 2. The van der Waals surface area contributed by atoms with E-state index < -0.39 is 0 Å². The summed E-state index contributed by atoms with van der Waals surface area (Å²) in [5, 5.41) is 3.29. The molecule has 3 aromatic rings. The Morgan fingerprint density at radius 2 is 1.92 bits per heavy atom. The molecule has 0 atom stereocenters. The number of aryl methyl sites for hydroxylation is 2. The van der Waals surface area contributed by atoms with E-state index in [1.165, 1.54) is 29.2 Å². The van der Waals surface area contributed by atoms with Crippen molar-refractivity contribution >= 4 is 38.9 Å². The first-order valence-corrected chi connectivity index (χ1v) is 8.65. The average molecular weight is 355 g/mol. The SMILES string of the molecule is CCn1cnc2sc(C(=O)Nc3ccc(C(C)=O)cc3)c(C)c2c1=O. The van der Waals surface area contributed by atoms with Gasteiger partial charge in [-0.05, 0) is 50.6 Å². The van der Waals surface area contributed by atoms with Crippen molar-refractivity contribution in [3.63, 3.8) is 0 Å². The smallest absolute Gasteiger partial charge is 0.266 e. The first kappa shape index (κ1) is 17.0. The van der Waals surface area contributed by atoms with Gasteiger partial charge in [0.05, 0.1) is 16.6 Å². The van der Waals surface area contributed by atoms with Gasteiger partial charge < -0.3 is 5.32 Å². The van der Waals surface area contributed by atoms with Crippen LogP contribution in [-0.2, 0) is 6.54 Å². The monoisotopic (exact) mass is 355 g/mol. The lowest BCUT2D eigenvalue weighted by atomic mass is 10.1. The normalized spacial score (nSPS) is 10.8. The van der Waals surface area contributed by atoms with Crippen LogP contribution in [0.2, 0.25) is 0 Å². The van der Waals surface area contributed by atoms with Crippen molar-refractivity contribution in [3.05, 3.63) is 57.0 Å². The van der Waals surface area contributed by atoms with Gasteiger partial charge in [-0.2, -0.15) is 0 Å². The highest BCUT2D eigenvalue weighted by Crippen LogP contribution is 2.27. The molecule has 1 aromatic carbocycles. The molecule has 1 amide bonds. The first-order chi connectivity index (χ1) is 11.9. The summed E-state index contributed by atoms with van der Waals surface area (Å²) >= 11 is 1.20. The molecule has 0 saturated carbocycles. The van der Waals surface area contributed by atoms with E-state index >= 15 is 0 Å². The molecule has 0 fully saturated rings. The number of hydrogen-bond donors (Lipinski definition) is 1. The molecule has 0 radical (unpaired) electrons. The van der Waals surface area contributed by atoms with Gasteiger partial charge in [0.15, 0.2) is 5.78 Å². The third-order valence-corrected chi connectivity index (χ3v) is 5.21. The van der Waals surface area contributed by atoms with Crippen LogP contribution in [0.4, 0.5) is 5.69 Å². The highest BCUT2D eigenvalue weighted by Gasteiger charge is 2.19. The van der Waals surface area contributed by atoms with Gasteiger partial charge in [-0.15, -0.1) is 11.3 Å². The molecule has 0 spiro atoms. The van der Waals surface area contributed by atoms with Gasteiger partial charge >= 0.3 is 0 Å². The van der Waals surface area contributed by atoms with Crippen molar-refractivity contribution in [1.29, 1.82) is 0 Å². The lowest BCUT2D eigenvalue weighted by Gasteiger charge is -2.05. The van der Waals surface area contributed by atoms with Gasteiger partial charge in [0.2, 0.25) is 0 Å². The number of amides is 1. The topological polar surface area (TPSA) is 81.1 Å². The first-order valence-electron chi connectivity index (χ1n) is 7.83. The van der Waals surface area contributed by atoms with Gasteiger partial charge in [0.1, 0.15) is 4.83 Å². The van der Waals surface area contributed by atoms with Crippen LogP contribution < -0.4 is 10.9 Å². The minimum Gasteiger partial charge on any atom is -0.321 e. The summed E-state index contributed by atoms with van der Waals surface area (Å²) in [5.74, 6) is -0.324. The number of nitrogens with zero attached hydrogens (tertiary/aromatic N) is 2. The highest BCUT2D eigenvalue weighted by atomic mass is 32.1. The van der Waals surface area contributed by atoms with Crippen LogP contribution in [-0.4, -0.2) is 21.2 Å². The quantitative estimate of drug-likeness (QED) is 0.729. The van der Waals surface area contributed by atoms with E-state index in [-0.39, 0.29) is 17.2 Å². The predicted octanol–water partition coefficient (Wildman–Crippen LogP) is 3.24. The molecule has 0 aliphatic rings. The molecule has 0 saturated heterocycles. The summed E-state index contributed by atoms with van der Waals surface area (Å²) in [7, 11) is 0. The Hall–Kier alpha value is -2.80. The van der Waals surface area contributed by atoms with E-state index in [2.05, 4.69) is 10.3 Å². The summed E-state index contributed by atoms with van der Waals surface area (Å²) in [4.78, 5) is 41.6. The van der Waals surface area contributed by atoms with Gasteiger partial charge in [-0.1, -0.05) is 0 Å². The number of carbonyl (C=O) groups is 2. The molecule has 0 bridgehead atoms. The van der Waals surface area contributed by atoms with Gasteiger partial charge in [0, 0.05) is 17.8 Å². The molecule has 2 heterocycles. The second kappa shape index (κ2) is 6.60. The van der Waals surface area contributed by atoms with Crippen LogP contribution >= 0.6 is 11.3 Å². The summed E-state index contributed by atoms with van der Waals surface area (Å²) in [6.45, 7) is 5.65. The zero-order valence-corrected chi connectivity index (χ0v) is 14.9. The number of benzene rings is 1. The molecule has 25 heavy (non-hydrogen) atoms. The Balaban J connectivity index is 1.94. The standard InChI is InChI=1S/C18H17N3O3S/c1-4-21-9-19-17-14(18(21)24)10(2)15(25-17)16(23)20-13-7-5-12(6-8-13)11(3)22/h5-9H,4H2,1-3H3,(H,20,23). The van der Waals surface area contributed by atoms with Crippen LogP contribution in [0.1, 0.15) is 39.4 Å². The molecule has 128 valence electrons.